The molecule has 35 heavy (non-hydrogen) atoms. The van der Waals surface area contributed by atoms with Crippen LogP contribution in [0.15, 0.2) is 66.7 Å². The maximum atomic E-state index is 2.61. The van der Waals surface area contributed by atoms with Gasteiger partial charge in [-0.25, -0.2) is 0 Å². The standard InChI is InChI=1S/C34H41N/c1-34(2)31-15-9-7-14-29(31)30-22-21-27(23-32(30)34)35(3)33-16-10-8-13-28(33)26-19-17-25(18-20-26)24-11-5-4-6-12-24/h7,9,14-15,17-24,28,33H,4-6,8,10-13,16H2,1-3H3. The van der Waals surface area contributed by atoms with Crippen LogP contribution in [0.25, 0.3) is 11.1 Å². The highest BCUT2D eigenvalue weighted by atomic mass is 15.1. The van der Waals surface area contributed by atoms with E-state index in [0.29, 0.717) is 12.0 Å². The van der Waals surface area contributed by atoms with Gasteiger partial charge in [-0.2, -0.15) is 0 Å². The van der Waals surface area contributed by atoms with E-state index < -0.39 is 0 Å². The molecule has 6 rings (SSSR count). The number of likely N-dealkylation sites (N-methyl/N-ethyl adjacent to an activating group) is 1. The molecule has 3 aliphatic rings. The van der Waals surface area contributed by atoms with E-state index >= 15 is 0 Å². The van der Waals surface area contributed by atoms with E-state index in [1.165, 1.54) is 85.7 Å². The van der Waals surface area contributed by atoms with Gasteiger partial charge in [0.25, 0.3) is 0 Å². The zero-order valence-corrected chi connectivity index (χ0v) is 21.9. The molecule has 2 atom stereocenters. The smallest absolute Gasteiger partial charge is 0.0369 e. The molecule has 0 N–H and O–H groups in total. The normalized spacial score (nSPS) is 23.5. The Morgan fingerprint density at radius 2 is 1.31 bits per heavy atom. The molecular formula is C34H41N. The summed E-state index contributed by atoms with van der Waals surface area (Å²) in [6.45, 7) is 4.78. The first-order valence-electron chi connectivity index (χ1n) is 14.1. The Kier molecular flexibility index (Phi) is 5.99. The minimum atomic E-state index is 0.0592. The van der Waals surface area contributed by atoms with Crippen molar-refractivity contribution in [3.8, 4) is 11.1 Å². The molecule has 2 fully saturated rings. The number of benzene rings is 3. The molecular weight excluding hydrogens is 422 g/mol. The van der Waals surface area contributed by atoms with Crippen LogP contribution >= 0.6 is 0 Å². The minimum absolute atomic E-state index is 0.0592. The van der Waals surface area contributed by atoms with Gasteiger partial charge in [0.05, 0.1) is 0 Å². The van der Waals surface area contributed by atoms with Crippen molar-refractivity contribution in [3.63, 3.8) is 0 Å². The monoisotopic (exact) mass is 463 g/mol. The van der Waals surface area contributed by atoms with Crippen molar-refractivity contribution in [2.24, 2.45) is 0 Å². The van der Waals surface area contributed by atoms with Crippen LogP contribution in [0, 0.1) is 0 Å². The molecule has 0 radical (unpaired) electrons. The lowest BCUT2D eigenvalue weighted by atomic mass is 9.77. The molecule has 2 saturated carbocycles. The maximum Gasteiger partial charge on any atom is 0.0369 e. The summed E-state index contributed by atoms with van der Waals surface area (Å²) in [6, 6.07) is 26.7. The third-order valence-corrected chi connectivity index (χ3v) is 9.64. The molecule has 1 heteroatoms. The van der Waals surface area contributed by atoms with Gasteiger partial charge in [-0.05, 0) is 77.1 Å². The predicted octanol–water partition coefficient (Wildman–Crippen LogP) is 9.20. The number of anilines is 1. The van der Waals surface area contributed by atoms with Crippen LogP contribution in [0.1, 0.15) is 106 Å². The van der Waals surface area contributed by atoms with Crippen LogP contribution in [-0.4, -0.2) is 13.1 Å². The lowest BCUT2D eigenvalue weighted by Gasteiger charge is -2.40. The number of hydrogen-bond donors (Lipinski definition) is 0. The second kappa shape index (κ2) is 9.16. The summed E-state index contributed by atoms with van der Waals surface area (Å²) >= 11 is 0. The quantitative estimate of drug-likeness (QED) is 0.373. The molecule has 0 bridgehead atoms. The van der Waals surface area contributed by atoms with E-state index in [9.17, 15) is 0 Å². The molecule has 3 aromatic rings. The lowest BCUT2D eigenvalue weighted by Crippen LogP contribution is -2.39. The van der Waals surface area contributed by atoms with E-state index in [-0.39, 0.29) is 5.41 Å². The molecule has 3 aromatic carbocycles. The second-order valence-corrected chi connectivity index (χ2v) is 12.0. The zero-order valence-electron chi connectivity index (χ0n) is 21.9. The highest BCUT2D eigenvalue weighted by Gasteiger charge is 2.36. The molecule has 0 aromatic heterocycles. The van der Waals surface area contributed by atoms with Crippen LogP contribution in [0.3, 0.4) is 0 Å². The van der Waals surface area contributed by atoms with Crippen LogP contribution in [-0.2, 0) is 5.41 Å². The number of fused-ring (bicyclic) bond motifs is 3. The highest BCUT2D eigenvalue weighted by molar-refractivity contribution is 5.82. The average Bonchev–Trinajstić information content (AvgIpc) is 3.15. The molecule has 0 heterocycles. The first-order chi connectivity index (χ1) is 17.0. The fraction of sp³-hybridized carbons (Fsp3) is 0.471. The van der Waals surface area contributed by atoms with E-state index in [1.807, 2.05) is 0 Å². The zero-order chi connectivity index (χ0) is 24.0. The number of hydrogen-bond acceptors (Lipinski definition) is 1. The van der Waals surface area contributed by atoms with E-state index in [2.05, 4.69) is 92.5 Å². The summed E-state index contributed by atoms with van der Waals surface area (Å²) in [5.74, 6) is 1.41. The lowest BCUT2D eigenvalue weighted by molar-refractivity contribution is 0.374. The van der Waals surface area contributed by atoms with Gasteiger partial charge < -0.3 is 4.90 Å². The topological polar surface area (TPSA) is 3.24 Å². The van der Waals surface area contributed by atoms with Crippen molar-refractivity contribution in [2.75, 3.05) is 11.9 Å². The third kappa shape index (κ3) is 4.02. The van der Waals surface area contributed by atoms with Crippen LogP contribution in [0.5, 0.6) is 0 Å². The van der Waals surface area contributed by atoms with E-state index in [0.717, 1.165) is 5.92 Å². The molecule has 3 aliphatic carbocycles. The number of nitrogens with zero attached hydrogens (tertiary/aromatic N) is 1. The Morgan fingerprint density at radius 1 is 0.657 bits per heavy atom. The van der Waals surface area contributed by atoms with Crippen molar-refractivity contribution in [1.29, 1.82) is 0 Å². The van der Waals surface area contributed by atoms with Crippen LogP contribution < -0.4 is 4.90 Å². The summed E-state index contributed by atoms with van der Waals surface area (Å²) in [5, 5.41) is 0. The molecule has 1 nitrogen and oxygen atoms in total. The maximum absolute atomic E-state index is 2.61. The van der Waals surface area contributed by atoms with Gasteiger partial charge >= 0.3 is 0 Å². The average molecular weight is 464 g/mol. The molecule has 0 amide bonds. The Bertz CT molecular complexity index is 1180. The number of rotatable bonds is 4. The third-order valence-electron chi connectivity index (χ3n) is 9.64. The van der Waals surface area contributed by atoms with Gasteiger partial charge in [-0.3, -0.25) is 0 Å². The van der Waals surface area contributed by atoms with Gasteiger partial charge in [0.15, 0.2) is 0 Å². The second-order valence-electron chi connectivity index (χ2n) is 12.0. The Balaban J connectivity index is 1.27. The highest BCUT2D eigenvalue weighted by Crippen LogP contribution is 2.50. The van der Waals surface area contributed by atoms with Gasteiger partial charge in [-0.15, -0.1) is 0 Å². The summed E-state index contributed by atoms with van der Waals surface area (Å²) in [6.07, 6.45) is 12.3. The molecule has 0 saturated heterocycles. The van der Waals surface area contributed by atoms with Crippen molar-refractivity contribution >= 4 is 5.69 Å². The summed E-state index contributed by atoms with van der Waals surface area (Å²) in [7, 11) is 2.34. The minimum Gasteiger partial charge on any atom is -0.371 e. The van der Waals surface area contributed by atoms with E-state index in [4.69, 9.17) is 0 Å². The van der Waals surface area contributed by atoms with Crippen molar-refractivity contribution in [2.45, 2.75) is 94.9 Å². The first-order valence-corrected chi connectivity index (χ1v) is 14.1. The summed E-state index contributed by atoms with van der Waals surface area (Å²) in [5.41, 5.74) is 10.3. The molecule has 2 unspecified atom stereocenters. The fourth-order valence-electron chi connectivity index (χ4n) is 7.52. The summed E-state index contributed by atoms with van der Waals surface area (Å²) in [4.78, 5) is 2.61. The van der Waals surface area contributed by atoms with Crippen LogP contribution in [0.2, 0.25) is 0 Å². The summed E-state index contributed by atoms with van der Waals surface area (Å²) < 4.78 is 0. The van der Waals surface area contributed by atoms with Crippen LogP contribution in [0.4, 0.5) is 5.69 Å². The van der Waals surface area contributed by atoms with E-state index in [1.54, 1.807) is 11.1 Å². The van der Waals surface area contributed by atoms with Crippen molar-refractivity contribution < 1.29 is 0 Å². The van der Waals surface area contributed by atoms with Gasteiger partial charge in [-0.1, -0.05) is 101 Å². The first kappa shape index (κ1) is 22.9. The van der Waals surface area contributed by atoms with Crippen molar-refractivity contribution in [3.05, 3.63) is 89.0 Å². The Morgan fingerprint density at radius 3 is 2.11 bits per heavy atom. The Hall–Kier alpha value is -2.54. The Labute approximate surface area is 212 Å². The SMILES string of the molecule is CN(c1ccc2c(c1)C(C)(C)c1ccccc1-2)C1CCCCC1c1ccc(C2CCCCC2)cc1. The largest absolute Gasteiger partial charge is 0.371 e. The molecule has 182 valence electrons. The molecule has 0 spiro atoms. The molecule has 0 aliphatic heterocycles. The van der Waals surface area contributed by atoms with Gasteiger partial charge in [0, 0.05) is 30.1 Å². The fourth-order valence-corrected chi connectivity index (χ4v) is 7.52. The van der Waals surface area contributed by atoms with Gasteiger partial charge in [0.1, 0.15) is 0 Å². The van der Waals surface area contributed by atoms with Crippen molar-refractivity contribution in [1.82, 2.24) is 0 Å². The van der Waals surface area contributed by atoms with Gasteiger partial charge in [0.2, 0.25) is 0 Å². The predicted molar refractivity (Wildman–Crippen MR) is 150 cm³/mol.